The lowest BCUT2D eigenvalue weighted by Gasteiger charge is -2.18. The Balaban J connectivity index is 1.38. The zero-order valence-electron chi connectivity index (χ0n) is 18.1. The van der Waals surface area contributed by atoms with E-state index in [1.807, 2.05) is 66.7 Å². The molecule has 0 radical (unpaired) electrons. The molecule has 2 N–H and O–H groups in total. The van der Waals surface area contributed by atoms with Crippen LogP contribution >= 0.6 is 15.9 Å². The van der Waals surface area contributed by atoms with Crippen molar-refractivity contribution in [1.82, 2.24) is 10.7 Å². The number of carbonyl (C=O) groups excluding carboxylic acids is 2. The number of halogens is 1. The van der Waals surface area contributed by atoms with E-state index in [-0.39, 0.29) is 18.2 Å². The van der Waals surface area contributed by atoms with E-state index in [9.17, 15) is 9.59 Å². The number of nitrogens with one attached hydrogen (secondary N) is 2. The molecule has 0 fully saturated rings. The van der Waals surface area contributed by atoms with Gasteiger partial charge in [-0.3, -0.25) is 9.59 Å². The van der Waals surface area contributed by atoms with Crippen molar-refractivity contribution in [3.05, 3.63) is 118 Å². The zero-order valence-corrected chi connectivity index (χ0v) is 19.7. The van der Waals surface area contributed by atoms with Crippen molar-refractivity contribution in [1.29, 1.82) is 0 Å². The van der Waals surface area contributed by atoms with Gasteiger partial charge in [-0.05, 0) is 42.0 Å². The number of hydrogen-bond donors (Lipinski definition) is 2. The third-order valence-corrected chi connectivity index (χ3v) is 5.60. The highest BCUT2D eigenvalue weighted by Crippen LogP contribution is 2.23. The topological polar surface area (TPSA) is 83.7 Å². The monoisotopic (exact) mass is 515 g/mol. The van der Waals surface area contributed by atoms with Crippen LogP contribution in [0.3, 0.4) is 0 Å². The maximum atomic E-state index is 12.7. The fourth-order valence-electron chi connectivity index (χ4n) is 3.36. The van der Waals surface area contributed by atoms with Crippen molar-refractivity contribution < 1.29 is 14.0 Å². The molecule has 1 heterocycles. The molecular formula is C27H22BrN3O3. The van der Waals surface area contributed by atoms with Crippen LogP contribution < -0.4 is 10.7 Å². The lowest BCUT2D eigenvalue weighted by molar-refractivity contribution is -0.121. The summed E-state index contributed by atoms with van der Waals surface area (Å²) in [7, 11) is 0. The zero-order chi connectivity index (χ0) is 23.8. The van der Waals surface area contributed by atoms with Gasteiger partial charge >= 0.3 is 0 Å². The number of amides is 2. The van der Waals surface area contributed by atoms with Crippen LogP contribution in [-0.4, -0.2) is 18.0 Å². The molecule has 4 aromatic rings. The Labute approximate surface area is 205 Å². The van der Waals surface area contributed by atoms with E-state index in [0.29, 0.717) is 17.1 Å². The first-order chi connectivity index (χ1) is 16.6. The van der Waals surface area contributed by atoms with E-state index in [0.717, 1.165) is 15.6 Å². The molecule has 4 rings (SSSR count). The third-order valence-electron chi connectivity index (χ3n) is 5.07. The Hall–Kier alpha value is -3.97. The predicted octanol–water partition coefficient (Wildman–Crippen LogP) is 5.72. The molecule has 0 unspecified atom stereocenters. The number of rotatable bonds is 8. The first kappa shape index (κ1) is 23.2. The highest BCUT2D eigenvalue weighted by Gasteiger charge is 2.19. The Morgan fingerprint density at radius 1 is 0.882 bits per heavy atom. The Kier molecular flexibility index (Phi) is 7.67. The molecule has 34 heavy (non-hydrogen) atoms. The Morgan fingerprint density at radius 3 is 2.26 bits per heavy atom. The largest absolute Gasteiger partial charge is 0.455 e. The van der Waals surface area contributed by atoms with Crippen LogP contribution in [0.4, 0.5) is 0 Å². The molecule has 0 bridgehead atoms. The highest BCUT2D eigenvalue weighted by atomic mass is 79.9. The van der Waals surface area contributed by atoms with Crippen LogP contribution in [0.1, 0.15) is 34.1 Å². The first-order valence-corrected chi connectivity index (χ1v) is 11.5. The number of hydrogen-bond acceptors (Lipinski definition) is 4. The highest BCUT2D eigenvalue weighted by molar-refractivity contribution is 9.10. The van der Waals surface area contributed by atoms with E-state index >= 15 is 0 Å². The van der Waals surface area contributed by atoms with Gasteiger partial charge in [0.2, 0.25) is 5.91 Å². The van der Waals surface area contributed by atoms with Crippen molar-refractivity contribution in [2.75, 3.05) is 0 Å². The molecule has 0 saturated carbocycles. The van der Waals surface area contributed by atoms with Crippen molar-refractivity contribution >= 4 is 34.0 Å². The lowest BCUT2D eigenvalue weighted by atomic mass is 10.0. The molecule has 0 spiro atoms. The minimum atomic E-state index is -0.503. The molecule has 0 aliphatic carbocycles. The van der Waals surface area contributed by atoms with Gasteiger partial charge < -0.3 is 9.73 Å². The van der Waals surface area contributed by atoms with E-state index in [1.54, 1.807) is 30.3 Å². The van der Waals surface area contributed by atoms with Gasteiger partial charge in [0, 0.05) is 15.6 Å². The molecule has 170 valence electrons. The lowest BCUT2D eigenvalue weighted by Crippen LogP contribution is -2.32. The summed E-state index contributed by atoms with van der Waals surface area (Å²) in [4.78, 5) is 25.2. The van der Waals surface area contributed by atoms with Crippen molar-refractivity contribution in [2.24, 2.45) is 5.10 Å². The van der Waals surface area contributed by atoms with E-state index < -0.39 is 6.04 Å². The molecule has 2 amide bonds. The number of nitrogens with zero attached hydrogens (tertiary/aromatic N) is 1. The molecule has 0 aliphatic heterocycles. The van der Waals surface area contributed by atoms with Crippen LogP contribution in [0.15, 0.2) is 111 Å². The van der Waals surface area contributed by atoms with Gasteiger partial charge in [-0.25, -0.2) is 5.43 Å². The van der Waals surface area contributed by atoms with Crippen LogP contribution in [0, 0.1) is 0 Å². The standard InChI is InChI=1S/C27H22BrN3O3/c28-22-13-11-20(12-14-22)25-16-15-23(34-25)18-29-31-26(32)17-24(19-7-3-1-4-8-19)30-27(33)21-9-5-2-6-10-21/h1-16,18,24H,17H2,(H,30,33)(H,31,32)/b29-18-/t24-/m1/s1. The molecule has 0 saturated heterocycles. The van der Waals surface area contributed by atoms with Crippen LogP contribution in [0.2, 0.25) is 0 Å². The van der Waals surface area contributed by atoms with Crippen molar-refractivity contribution in [2.45, 2.75) is 12.5 Å². The van der Waals surface area contributed by atoms with Gasteiger partial charge in [0.1, 0.15) is 11.5 Å². The summed E-state index contributed by atoms with van der Waals surface area (Å²) < 4.78 is 6.76. The van der Waals surface area contributed by atoms with E-state index in [1.165, 1.54) is 6.21 Å². The molecule has 6 nitrogen and oxygen atoms in total. The summed E-state index contributed by atoms with van der Waals surface area (Å²) in [6, 6.07) is 29.1. The second-order valence-electron chi connectivity index (χ2n) is 7.51. The summed E-state index contributed by atoms with van der Waals surface area (Å²) >= 11 is 3.41. The van der Waals surface area contributed by atoms with E-state index in [2.05, 4.69) is 31.8 Å². The van der Waals surface area contributed by atoms with Crippen LogP contribution in [0.25, 0.3) is 11.3 Å². The number of benzene rings is 3. The fourth-order valence-corrected chi connectivity index (χ4v) is 3.62. The normalized spacial score (nSPS) is 11.8. The average Bonchev–Trinajstić information content (AvgIpc) is 3.34. The third kappa shape index (κ3) is 6.30. The maximum Gasteiger partial charge on any atom is 0.251 e. The summed E-state index contributed by atoms with van der Waals surface area (Å²) in [5.74, 6) is 0.628. The van der Waals surface area contributed by atoms with Gasteiger partial charge in [-0.2, -0.15) is 5.10 Å². The van der Waals surface area contributed by atoms with Crippen LogP contribution in [-0.2, 0) is 4.79 Å². The predicted molar refractivity (Wildman–Crippen MR) is 135 cm³/mol. The number of hydrazone groups is 1. The molecular weight excluding hydrogens is 494 g/mol. The van der Waals surface area contributed by atoms with Crippen molar-refractivity contribution in [3.8, 4) is 11.3 Å². The number of carbonyl (C=O) groups is 2. The second-order valence-corrected chi connectivity index (χ2v) is 8.42. The van der Waals surface area contributed by atoms with E-state index in [4.69, 9.17) is 4.42 Å². The minimum absolute atomic E-state index is 0.0300. The molecule has 7 heteroatoms. The Morgan fingerprint density at radius 2 is 1.56 bits per heavy atom. The van der Waals surface area contributed by atoms with Gasteiger partial charge in [0.05, 0.1) is 18.7 Å². The second kappa shape index (κ2) is 11.2. The summed E-state index contributed by atoms with van der Waals surface area (Å²) in [5, 5.41) is 6.95. The summed E-state index contributed by atoms with van der Waals surface area (Å²) in [5.41, 5.74) is 4.81. The summed E-state index contributed by atoms with van der Waals surface area (Å²) in [6.45, 7) is 0. The Bertz CT molecular complexity index is 1270. The average molecular weight is 516 g/mol. The van der Waals surface area contributed by atoms with Gasteiger partial charge in [0.25, 0.3) is 5.91 Å². The van der Waals surface area contributed by atoms with Crippen LogP contribution in [0.5, 0.6) is 0 Å². The summed E-state index contributed by atoms with van der Waals surface area (Å²) in [6.07, 6.45) is 1.47. The number of furan rings is 1. The SMILES string of the molecule is O=C(C[C@@H](NC(=O)c1ccccc1)c1ccccc1)N/N=C\c1ccc(-c2ccc(Br)cc2)o1. The first-order valence-electron chi connectivity index (χ1n) is 10.7. The fraction of sp³-hybridized carbons (Fsp3) is 0.0741. The van der Waals surface area contributed by atoms with Gasteiger partial charge in [0.15, 0.2) is 0 Å². The van der Waals surface area contributed by atoms with Gasteiger partial charge in [-0.15, -0.1) is 0 Å². The molecule has 3 aromatic carbocycles. The molecule has 1 aromatic heterocycles. The molecule has 1 atom stereocenters. The van der Waals surface area contributed by atoms with Gasteiger partial charge in [-0.1, -0.05) is 76.6 Å². The smallest absolute Gasteiger partial charge is 0.251 e. The minimum Gasteiger partial charge on any atom is -0.455 e. The maximum absolute atomic E-state index is 12.7. The molecule has 0 aliphatic rings. The van der Waals surface area contributed by atoms with Crippen molar-refractivity contribution in [3.63, 3.8) is 0 Å². The quantitative estimate of drug-likeness (QED) is 0.232.